The van der Waals surface area contributed by atoms with Gasteiger partial charge in [-0.05, 0) is 49.8 Å². The summed E-state index contributed by atoms with van der Waals surface area (Å²) in [5.74, 6) is 0.884. The van der Waals surface area contributed by atoms with Crippen molar-refractivity contribution in [2.75, 3.05) is 27.7 Å². The molecule has 0 heterocycles. The molecule has 1 atom stereocenters. The van der Waals surface area contributed by atoms with Crippen molar-refractivity contribution < 1.29 is 9.53 Å². The average Bonchev–Trinajstić information content (AvgIpc) is 2.61. The van der Waals surface area contributed by atoms with E-state index in [0.29, 0.717) is 13.0 Å². The molecule has 0 radical (unpaired) electrons. The van der Waals surface area contributed by atoms with E-state index in [0.717, 1.165) is 27.8 Å². The van der Waals surface area contributed by atoms with Crippen LogP contribution in [0.2, 0.25) is 0 Å². The molecular formula is C20H25BrN2O2. The van der Waals surface area contributed by atoms with Gasteiger partial charge >= 0.3 is 0 Å². The van der Waals surface area contributed by atoms with Crippen molar-refractivity contribution in [3.05, 3.63) is 64.1 Å². The first-order chi connectivity index (χ1) is 12.0. The molecule has 0 saturated carbocycles. The number of amides is 1. The van der Waals surface area contributed by atoms with Crippen LogP contribution in [0, 0.1) is 0 Å². The van der Waals surface area contributed by atoms with Crippen molar-refractivity contribution in [1.29, 1.82) is 0 Å². The lowest BCUT2D eigenvalue weighted by molar-refractivity contribution is -0.121. The highest BCUT2D eigenvalue weighted by Gasteiger charge is 2.16. The lowest BCUT2D eigenvalue weighted by Crippen LogP contribution is -2.34. The molecule has 2 rings (SSSR count). The first kappa shape index (κ1) is 19.5. The molecule has 2 aromatic rings. The van der Waals surface area contributed by atoms with Gasteiger partial charge in [0.15, 0.2) is 0 Å². The monoisotopic (exact) mass is 404 g/mol. The summed E-state index contributed by atoms with van der Waals surface area (Å²) in [7, 11) is 5.68. The third kappa shape index (κ3) is 5.87. The number of hydrogen-bond acceptors (Lipinski definition) is 3. The average molecular weight is 405 g/mol. The molecule has 1 amide bonds. The number of likely N-dealkylation sites (N-methyl/N-ethyl adjacent to an activating group) is 1. The van der Waals surface area contributed by atoms with Gasteiger partial charge in [0.2, 0.25) is 5.91 Å². The summed E-state index contributed by atoms with van der Waals surface area (Å²) in [5, 5.41) is 3.05. The number of aryl methyl sites for hydroxylation is 1. The molecule has 0 aliphatic heterocycles. The summed E-state index contributed by atoms with van der Waals surface area (Å²) in [5.41, 5.74) is 2.27. The molecule has 4 nitrogen and oxygen atoms in total. The number of rotatable bonds is 8. The largest absolute Gasteiger partial charge is 0.497 e. The van der Waals surface area contributed by atoms with Crippen molar-refractivity contribution in [2.24, 2.45) is 0 Å². The molecule has 5 heteroatoms. The number of nitrogens with zero attached hydrogens (tertiary/aromatic N) is 1. The number of carbonyl (C=O) groups excluding carboxylic acids is 1. The number of benzene rings is 2. The van der Waals surface area contributed by atoms with E-state index in [4.69, 9.17) is 4.74 Å². The first-order valence-corrected chi connectivity index (χ1v) is 9.11. The molecule has 1 unspecified atom stereocenters. The summed E-state index contributed by atoms with van der Waals surface area (Å²) in [6, 6.07) is 16.1. The molecule has 25 heavy (non-hydrogen) atoms. The van der Waals surface area contributed by atoms with E-state index in [2.05, 4.69) is 32.2 Å². The molecule has 0 aromatic heterocycles. The molecular weight excluding hydrogens is 380 g/mol. The van der Waals surface area contributed by atoms with Gasteiger partial charge in [0.25, 0.3) is 0 Å². The quantitative estimate of drug-likeness (QED) is 0.726. The van der Waals surface area contributed by atoms with E-state index >= 15 is 0 Å². The standard InChI is InChI=1S/C20H25BrN2O2/c1-23(2)19(16-8-6-9-17(13-16)25-3)14-22-20(24)12-11-15-7-4-5-10-18(15)21/h4-10,13,19H,11-12,14H2,1-3H3,(H,22,24). The number of nitrogens with one attached hydrogen (secondary N) is 1. The minimum absolute atomic E-state index is 0.0606. The predicted molar refractivity (Wildman–Crippen MR) is 105 cm³/mol. The third-order valence-corrected chi connectivity index (χ3v) is 4.95. The number of carbonyl (C=O) groups is 1. The van der Waals surface area contributed by atoms with Crippen molar-refractivity contribution in [3.8, 4) is 5.75 Å². The second-order valence-corrected chi connectivity index (χ2v) is 7.01. The van der Waals surface area contributed by atoms with Gasteiger partial charge in [0, 0.05) is 17.4 Å². The SMILES string of the molecule is COc1cccc(C(CNC(=O)CCc2ccccc2Br)N(C)C)c1. The molecule has 0 fully saturated rings. The smallest absolute Gasteiger partial charge is 0.220 e. The van der Waals surface area contributed by atoms with Crippen molar-refractivity contribution in [2.45, 2.75) is 18.9 Å². The zero-order valence-electron chi connectivity index (χ0n) is 15.0. The maximum atomic E-state index is 12.2. The van der Waals surface area contributed by atoms with Crippen LogP contribution in [0.4, 0.5) is 0 Å². The van der Waals surface area contributed by atoms with Gasteiger partial charge in [0.05, 0.1) is 13.2 Å². The normalized spacial score (nSPS) is 12.0. The van der Waals surface area contributed by atoms with Crippen LogP contribution in [-0.4, -0.2) is 38.6 Å². The Labute approximate surface area is 158 Å². The Balaban J connectivity index is 1.92. The van der Waals surface area contributed by atoms with Crippen LogP contribution < -0.4 is 10.1 Å². The Morgan fingerprint density at radius 3 is 2.64 bits per heavy atom. The van der Waals surface area contributed by atoms with Gasteiger partial charge in [-0.15, -0.1) is 0 Å². The fraction of sp³-hybridized carbons (Fsp3) is 0.350. The molecule has 1 N–H and O–H groups in total. The van der Waals surface area contributed by atoms with E-state index in [9.17, 15) is 4.79 Å². The summed E-state index contributed by atoms with van der Waals surface area (Å²) in [6.45, 7) is 0.564. The summed E-state index contributed by atoms with van der Waals surface area (Å²) in [6.07, 6.45) is 1.19. The van der Waals surface area contributed by atoms with E-state index in [1.807, 2.05) is 56.6 Å². The number of ether oxygens (including phenoxy) is 1. The van der Waals surface area contributed by atoms with Crippen LogP contribution in [0.5, 0.6) is 5.75 Å². The van der Waals surface area contributed by atoms with Gasteiger partial charge in [-0.3, -0.25) is 4.79 Å². The Kier molecular flexibility index (Phi) is 7.47. The Morgan fingerprint density at radius 1 is 1.20 bits per heavy atom. The van der Waals surface area contributed by atoms with Crippen molar-refractivity contribution >= 4 is 21.8 Å². The second kappa shape index (κ2) is 9.59. The molecule has 0 aliphatic rings. The third-order valence-electron chi connectivity index (χ3n) is 4.17. The topological polar surface area (TPSA) is 41.6 Å². The highest BCUT2D eigenvalue weighted by atomic mass is 79.9. The lowest BCUT2D eigenvalue weighted by Gasteiger charge is -2.25. The predicted octanol–water partition coefficient (Wildman–Crippen LogP) is 3.81. The molecule has 134 valence electrons. The van der Waals surface area contributed by atoms with Gasteiger partial charge in [0.1, 0.15) is 5.75 Å². The first-order valence-electron chi connectivity index (χ1n) is 8.31. The van der Waals surface area contributed by atoms with Gasteiger partial charge in [-0.2, -0.15) is 0 Å². The summed E-state index contributed by atoms with van der Waals surface area (Å²) in [4.78, 5) is 14.3. The Hall–Kier alpha value is -1.85. The Bertz CT molecular complexity index is 704. The van der Waals surface area contributed by atoms with Crippen LogP contribution in [-0.2, 0) is 11.2 Å². The molecule has 0 saturated heterocycles. The minimum Gasteiger partial charge on any atom is -0.497 e. The lowest BCUT2D eigenvalue weighted by atomic mass is 10.1. The summed E-state index contributed by atoms with van der Waals surface area (Å²) < 4.78 is 6.35. The number of hydrogen-bond donors (Lipinski definition) is 1. The van der Waals surface area contributed by atoms with Crippen LogP contribution in [0.1, 0.15) is 23.6 Å². The van der Waals surface area contributed by atoms with Gasteiger partial charge in [-0.1, -0.05) is 46.3 Å². The molecule has 0 aliphatic carbocycles. The maximum Gasteiger partial charge on any atom is 0.220 e. The number of halogens is 1. The van der Waals surface area contributed by atoms with E-state index in [-0.39, 0.29) is 11.9 Å². The summed E-state index contributed by atoms with van der Waals surface area (Å²) >= 11 is 3.52. The molecule has 2 aromatic carbocycles. The molecule has 0 spiro atoms. The number of methoxy groups -OCH3 is 1. The maximum absolute atomic E-state index is 12.2. The fourth-order valence-electron chi connectivity index (χ4n) is 2.70. The van der Waals surface area contributed by atoms with Crippen LogP contribution in [0.15, 0.2) is 53.0 Å². The Morgan fingerprint density at radius 2 is 1.96 bits per heavy atom. The minimum atomic E-state index is 0.0606. The zero-order chi connectivity index (χ0) is 18.2. The van der Waals surface area contributed by atoms with Gasteiger partial charge < -0.3 is 15.0 Å². The van der Waals surface area contributed by atoms with Crippen molar-refractivity contribution in [3.63, 3.8) is 0 Å². The van der Waals surface area contributed by atoms with Crippen LogP contribution in [0.25, 0.3) is 0 Å². The fourth-order valence-corrected chi connectivity index (χ4v) is 3.18. The van der Waals surface area contributed by atoms with Crippen LogP contribution in [0.3, 0.4) is 0 Å². The zero-order valence-corrected chi connectivity index (χ0v) is 16.5. The second-order valence-electron chi connectivity index (χ2n) is 6.15. The van der Waals surface area contributed by atoms with E-state index in [1.165, 1.54) is 0 Å². The van der Waals surface area contributed by atoms with E-state index < -0.39 is 0 Å². The van der Waals surface area contributed by atoms with Crippen molar-refractivity contribution in [1.82, 2.24) is 10.2 Å². The van der Waals surface area contributed by atoms with E-state index in [1.54, 1.807) is 7.11 Å². The molecule has 0 bridgehead atoms. The van der Waals surface area contributed by atoms with Gasteiger partial charge in [-0.25, -0.2) is 0 Å². The van der Waals surface area contributed by atoms with Crippen LogP contribution >= 0.6 is 15.9 Å². The highest BCUT2D eigenvalue weighted by molar-refractivity contribution is 9.10. The highest BCUT2D eigenvalue weighted by Crippen LogP contribution is 2.22.